The van der Waals surface area contributed by atoms with Gasteiger partial charge in [-0.1, -0.05) is 42.1 Å². The average molecular weight is 400 g/mol. The Bertz CT molecular complexity index is 953. The quantitative estimate of drug-likeness (QED) is 0.490. The number of carbonyl (C=O) groups excluding carboxylic acids is 1. The fourth-order valence-corrected chi connectivity index (χ4v) is 5.49. The first kappa shape index (κ1) is 18.4. The molecule has 3 heterocycles. The number of aryl methyl sites for hydroxylation is 2. The van der Waals surface area contributed by atoms with Crippen LogP contribution in [0.25, 0.3) is 10.2 Å². The number of ether oxygens (including phenoxy) is 1. The van der Waals surface area contributed by atoms with Gasteiger partial charge in [-0.05, 0) is 25.0 Å². The highest BCUT2D eigenvalue weighted by Crippen LogP contribution is 2.41. The zero-order valence-electron chi connectivity index (χ0n) is 15.3. The molecule has 7 heteroatoms. The maximum absolute atomic E-state index is 13.3. The topological polar surface area (TPSA) is 55.3 Å². The standard InChI is InChI=1S/C20H21N3O2S2/c1-13-14(2)26-18-16(13)19(22-12-21-18)27-17(15-6-4-3-5-7-15)20(24)23-8-10-25-11-9-23/h3-7,12,17H,8-11H2,1-2H3/t17-/m0/s1. The van der Waals surface area contributed by atoms with Crippen molar-refractivity contribution >= 4 is 39.2 Å². The van der Waals surface area contributed by atoms with E-state index in [2.05, 4.69) is 23.8 Å². The maximum Gasteiger partial charge on any atom is 0.240 e. The third-order valence-corrected chi connectivity index (χ3v) is 7.17. The van der Waals surface area contributed by atoms with Crippen LogP contribution in [0.2, 0.25) is 0 Å². The van der Waals surface area contributed by atoms with E-state index in [4.69, 9.17) is 4.74 Å². The SMILES string of the molecule is Cc1sc2ncnc(S[C@H](C(=O)N3CCOCC3)c3ccccc3)c2c1C. The molecule has 0 aliphatic carbocycles. The number of nitrogens with zero attached hydrogens (tertiary/aromatic N) is 3. The molecular weight excluding hydrogens is 378 g/mol. The molecule has 1 aromatic carbocycles. The van der Waals surface area contributed by atoms with Gasteiger partial charge in [-0.15, -0.1) is 11.3 Å². The summed E-state index contributed by atoms with van der Waals surface area (Å²) >= 11 is 3.20. The number of thiophene rings is 1. The summed E-state index contributed by atoms with van der Waals surface area (Å²) in [5.41, 5.74) is 2.19. The Morgan fingerprint density at radius 2 is 1.93 bits per heavy atom. The number of hydrogen-bond donors (Lipinski definition) is 0. The molecule has 1 saturated heterocycles. The van der Waals surface area contributed by atoms with Crippen LogP contribution >= 0.6 is 23.1 Å². The van der Waals surface area contributed by atoms with Gasteiger partial charge >= 0.3 is 0 Å². The van der Waals surface area contributed by atoms with Gasteiger partial charge < -0.3 is 9.64 Å². The van der Waals surface area contributed by atoms with Crippen LogP contribution < -0.4 is 0 Å². The molecule has 0 spiro atoms. The van der Waals surface area contributed by atoms with Crippen LogP contribution in [0, 0.1) is 13.8 Å². The molecular formula is C20H21N3O2S2. The van der Waals surface area contributed by atoms with E-state index in [9.17, 15) is 4.79 Å². The molecule has 0 saturated carbocycles. The monoisotopic (exact) mass is 399 g/mol. The molecule has 0 N–H and O–H groups in total. The lowest BCUT2D eigenvalue weighted by Crippen LogP contribution is -2.42. The van der Waals surface area contributed by atoms with Crippen LogP contribution in [0.1, 0.15) is 21.3 Å². The fourth-order valence-electron chi connectivity index (χ4n) is 3.19. The molecule has 2 aromatic heterocycles. The summed E-state index contributed by atoms with van der Waals surface area (Å²) in [6, 6.07) is 9.95. The fraction of sp³-hybridized carbons (Fsp3) is 0.350. The van der Waals surface area contributed by atoms with Crippen molar-refractivity contribution in [2.24, 2.45) is 0 Å². The highest BCUT2D eigenvalue weighted by atomic mass is 32.2. The van der Waals surface area contributed by atoms with Crippen molar-refractivity contribution in [3.05, 3.63) is 52.7 Å². The molecule has 1 atom stereocenters. The Labute approximate surface area is 166 Å². The zero-order valence-corrected chi connectivity index (χ0v) is 17.0. The van der Waals surface area contributed by atoms with Crippen molar-refractivity contribution in [1.82, 2.24) is 14.9 Å². The number of morpholine rings is 1. The predicted molar refractivity (Wildman–Crippen MR) is 109 cm³/mol. The van der Waals surface area contributed by atoms with E-state index in [-0.39, 0.29) is 11.2 Å². The second kappa shape index (κ2) is 7.96. The Morgan fingerprint density at radius 1 is 1.19 bits per heavy atom. The molecule has 4 rings (SSSR count). The van der Waals surface area contributed by atoms with Crippen LogP contribution in [0.15, 0.2) is 41.7 Å². The Balaban J connectivity index is 1.73. The van der Waals surface area contributed by atoms with Crippen molar-refractivity contribution < 1.29 is 9.53 Å². The molecule has 1 aliphatic heterocycles. The summed E-state index contributed by atoms with van der Waals surface area (Å²) < 4.78 is 5.41. The molecule has 0 radical (unpaired) electrons. The molecule has 1 fully saturated rings. The molecule has 1 aliphatic rings. The summed E-state index contributed by atoms with van der Waals surface area (Å²) in [5.74, 6) is 0.117. The van der Waals surface area contributed by atoms with Crippen molar-refractivity contribution in [3.8, 4) is 0 Å². The van der Waals surface area contributed by atoms with E-state index in [1.54, 1.807) is 17.7 Å². The van der Waals surface area contributed by atoms with E-state index in [1.807, 2.05) is 35.2 Å². The minimum atomic E-state index is -0.331. The van der Waals surface area contributed by atoms with Crippen molar-refractivity contribution in [3.63, 3.8) is 0 Å². The smallest absolute Gasteiger partial charge is 0.240 e. The molecule has 5 nitrogen and oxygen atoms in total. The van der Waals surface area contributed by atoms with Gasteiger partial charge in [0, 0.05) is 23.4 Å². The Kier molecular flexibility index (Phi) is 5.43. The number of benzene rings is 1. The minimum Gasteiger partial charge on any atom is -0.378 e. The van der Waals surface area contributed by atoms with Crippen LogP contribution in [0.4, 0.5) is 0 Å². The molecule has 140 valence electrons. The van der Waals surface area contributed by atoms with Gasteiger partial charge in [-0.3, -0.25) is 4.79 Å². The molecule has 27 heavy (non-hydrogen) atoms. The highest BCUT2D eigenvalue weighted by molar-refractivity contribution is 8.00. The molecule has 0 unspecified atom stereocenters. The van der Waals surface area contributed by atoms with E-state index >= 15 is 0 Å². The predicted octanol–water partition coefficient (Wildman–Crippen LogP) is 4.00. The second-order valence-electron chi connectivity index (χ2n) is 6.49. The Hall–Kier alpha value is -1.96. The van der Waals surface area contributed by atoms with Crippen LogP contribution in [0.3, 0.4) is 0 Å². The van der Waals surface area contributed by atoms with Gasteiger partial charge in [0.25, 0.3) is 0 Å². The highest BCUT2D eigenvalue weighted by Gasteiger charge is 2.29. The first-order valence-corrected chi connectivity index (χ1v) is 10.6. The third kappa shape index (κ3) is 3.72. The number of amides is 1. The third-order valence-electron chi connectivity index (χ3n) is 4.81. The van der Waals surface area contributed by atoms with Gasteiger partial charge in [-0.2, -0.15) is 0 Å². The number of fused-ring (bicyclic) bond motifs is 1. The number of aromatic nitrogens is 2. The van der Waals surface area contributed by atoms with Gasteiger partial charge in [0.15, 0.2) is 0 Å². The zero-order chi connectivity index (χ0) is 18.8. The average Bonchev–Trinajstić information content (AvgIpc) is 3.01. The van der Waals surface area contributed by atoms with Crippen LogP contribution in [-0.4, -0.2) is 47.1 Å². The summed E-state index contributed by atoms with van der Waals surface area (Å²) in [5, 5.41) is 1.61. The number of thioether (sulfide) groups is 1. The number of rotatable bonds is 4. The van der Waals surface area contributed by atoms with E-state index < -0.39 is 0 Å². The molecule has 0 bridgehead atoms. The van der Waals surface area contributed by atoms with Crippen LogP contribution in [0.5, 0.6) is 0 Å². The van der Waals surface area contributed by atoms with Crippen LogP contribution in [-0.2, 0) is 9.53 Å². The van der Waals surface area contributed by atoms with E-state index in [0.29, 0.717) is 26.3 Å². The first-order valence-electron chi connectivity index (χ1n) is 8.94. The summed E-state index contributed by atoms with van der Waals surface area (Å²) in [6.07, 6.45) is 1.60. The van der Waals surface area contributed by atoms with Crippen molar-refractivity contribution in [2.45, 2.75) is 24.1 Å². The van der Waals surface area contributed by atoms with Gasteiger partial charge in [0.05, 0.1) is 13.2 Å². The van der Waals surface area contributed by atoms with E-state index in [0.717, 1.165) is 20.8 Å². The minimum absolute atomic E-state index is 0.117. The van der Waals surface area contributed by atoms with Gasteiger partial charge in [0.1, 0.15) is 21.4 Å². The summed E-state index contributed by atoms with van der Waals surface area (Å²) in [6.45, 7) is 6.67. The molecule has 1 amide bonds. The number of hydrogen-bond acceptors (Lipinski definition) is 6. The van der Waals surface area contributed by atoms with Crippen molar-refractivity contribution in [2.75, 3.05) is 26.3 Å². The lowest BCUT2D eigenvalue weighted by atomic mass is 10.1. The van der Waals surface area contributed by atoms with Gasteiger partial charge in [-0.25, -0.2) is 9.97 Å². The first-order chi connectivity index (χ1) is 13.1. The largest absolute Gasteiger partial charge is 0.378 e. The Morgan fingerprint density at radius 3 is 2.67 bits per heavy atom. The van der Waals surface area contributed by atoms with Crippen molar-refractivity contribution in [1.29, 1.82) is 0 Å². The normalized spacial score (nSPS) is 15.9. The summed E-state index contributed by atoms with van der Waals surface area (Å²) in [4.78, 5) is 26.4. The lowest BCUT2D eigenvalue weighted by molar-refractivity contribution is -0.134. The van der Waals surface area contributed by atoms with E-state index in [1.165, 1.54) is 22.2 Å². The van der Waals surface area contributed by atoms with Gasteiger partial charge in [0.2, 0.25) is 5.91 Å². The lowest BCUT2D eigenvalue weighted by Gasteiger charge is -2.30. The molecule has 3 aromatic rings. The second-order valence-corrected chi connectivity index (χ2v) is 8.79. The maximum atomic E-state index is 13.3. The summed E-state index contributed by atoms with van der Waals surface area (Å²) in [7, 11) is 0. The number of carbonyl (C=O) groups is 1.